The normalized spacial score (nSPS) is 11.3. The minimum atomic E-state index is -0.301. The van der Waals surface area contributed by atoms with Gasteiger partial charge in [-0.2, -0.15) is 5.10 Å². The summed E-state index contributed by atoms with van der Waals surface area (Å²) in [6, 6.07) is 13.7. The fourth-order valence-corrected chi connectivity index (χ4v) is 2.54. The zero-order valence-electron chi connectivity index (χ0n) is 15.6. The molecular weight excluding hydrogens is 340 g/mol. The smallest absolute Gasteiger partial charge is 0.277 e. The van der Waals surface area contributed by atoms with Gasteiger partial charge in [0.2, 0.25) is 0 Å². The number of aryl methyl sites for hydroxylation is 2. The van der Waals surface area contributed by atoms with E-state index in [4.69, 9.17) is 4.74 Å². The minimum absolute atomic E-state index is 0.0827. The number of carbonyl (C=O) groups excluding carboxylic acids is 1. The second-order valence-corrected chi connectivity index (χ2v) is 6.31. The molecule has 0 saturated heterocycles. The first-order chi connectivity index (χ1) is 13.0. The van der Waals surface area contributed by atoms with Crippen molar-refractivity contribution in [3.63, 3.8) is 0 Å². The first-order valence-corrected chi connectivity index (χ1v) is 8.65. The summed E-state index contributed by atoms with van der Waals surface area (Å²) in [7, 11) is 0. The Morgan fingerprint density at radius 2 is 1.96 bits per heavy atom. The maximum Gasteiger partial charge on any atom is 0.277 e. The first kappa shape index (κ1) is 18.4. The second kappa shape index (κ2) is 8.31. The highest BCUT2D eigenvalue weighted by Crippen LogP contribution is 2.18. The van der Waals surface area contributed by atoms with E-state index in [2.05, 4.69) is 15.5 Å². The van der Waals surface area contributed by atoms with Crippen LogP contribution in [0.2, 0.25) is 0 Å². The topological polar surface area (TPSA) is 68.5 Å². The van der Waals surface area contributed by atoms with Crippen LogP contribution in [0.4, 0.5) is 0 Å². The summed E-state index contributed by atoms with van der Waals surface area (Å²) in [5.41, 5.74) is 7.26. The zero-order chi connectivity index (χ0) is 19.2. The number of nitrogens with one attached hydrogen (secondary N) is 1. The number of hydrogen-bond acceptors (Lipinski definition) is 4. The molecule has 0 radical (unpaired) electrons. The van der Waals surface area contributed by atoms with Crippen molar-refractivity contribution in [1.82, 2.24) is 15.0 Å². The molecule has 138 valence electrons. The minimum Gasteiger partial charge on any atom is -0.483 e. The predicted octanol–water partition coefficient (Wildman–Crippen LogP) is 3.41. The van der Waals surface area contributed by atoms with Crippen LogP contribution < -0.4 is 10.2 Å². The molecule has 1 N–H and O–H groups in total. The number of nitrogens with zero attached hydrogens (tertiary/aromatic N) is 3. The Bertz CT molecular complexity index is 945. The molecule has 3 aromatic rings. The summed E-state index contributed by atoms with van der Waals surface area (Å²) in [6.07, 6.45) is 5.36. The molecule has 2 aromatic carbocycles. The number of benzene rings is 2. The number of hydrogen-bond donors (Lipinski definition) is 1. The van der Waals surface area contributed by atoms with Crippen molar-refractivity contribution in [2.24, 2.45) is 5.10 Å². The quantitative estimate of drug-likeness (QED) is 0.540. The van der Waals surface area contributed by atoms with Gasteiger partial charge in [-0.1, -0.05) is 24.3 Å². The number of amides is 1. The molecule has 0 unspecified atom stereocenters. The molecule has 3 rings (SSSR count). The fourth-order valence-electron chi connectivity index (χ4n) is 2.54. The van der Waals surface area contributed by atoms with Crippen LogP contribution in [0.5, 0.6) is 5.75 Å². The second-order valence-electron chi connectivity index (χ2n) is 6.31. The summed E-state index contributed by atoms with van der Waals surface area (Å²) in [5, 5.41) is 4.16. The molecule has 0 aliphatic heterocycles. The molecule has 1 heterocycles. The Morgan fingerprint density at radius 1 is 1.19 bits per heavy atom. The van der Waals surface area contributed by atoms with Crippen LogP contribution in [0.25, 0.3) is 5.69 Å². The Hall–Kier alpha value is -3.41. The highest BCUT2D eigenvalue weighted by Gasteiger charge is 2.06. The van der Waals surface area contributed by atoms with E-state index < -0.39 is 0 Å². The summed E-state index contributed by atoms with van der Waals surface area (Å²) in [6.45, 7) is 5.69. The lowest BCUT2D eigenvalue weighted by Crippen LogP contribution is -2.25. The van der Waals surface area contributed by atoms with Crippen molar-refractivity contribution >= 4 is 11.6 Å². The summed E-state index contributed by atoms with van der Waals surface area (Å²) < 4.78 is 7.50. The van der Waals surface area contributed by atoms with Gasteiger partial charge in [-0.05, 0) is 55.7 Å². The van der Waals surface area contributed by atoms with Gasteiger partial charge in [0.1, 0.15) is 5.75 Å². The van der Waals surface area contributed by atoms with Gasteiger partial charge in [0, 0.05) is 18.1 Å². The van der Waals surface area contributed by atoms with Gasteiger partial charge >= 0.3 is 0 Å². The average Bonchev–Trinajstić information content (AvgIpc) is 3.21. The van der Waals surface area contributed by atoms with Gasteiger partial charge in [-0.25, -0.2) is 10.4 Å². The van der Waals surface area contributed by atoms with Crippen LogP contribution in [-0.2, 0) is 4.79 Å². The lowest BCUT2D eigenvalue weighted by Gasteiger charge is -2.09. The van der Waals surface area contributed by atoms with Crippen molar-refractivity contribution in [2.75, 3.05) is 6.61 Å². The zero-order valence-corrected chi connectivity index (χ0v) is 15.6. The third-order valence-corrected chi connectivity index (χ3v) is 4.14. The van der Waals surface area contributed by atoms with Crippen molar-refractivity contribution in [2.45, 2.75) is 20.8 Å². The molecule has 6 nitrogen and oxygen atoms in total. The van der Waals surface area contributed by atoms with E-state index in [9.17, 15) is 4.79 Å². The molecule has 0 bridgehead atoms. The van der Waals surface area contributed by atoms with Crippen molar-refractivity contribution in [3.05, 3.63) is 77.9 Å². The summed E-state index contributed by atoms with van der Waals surface area (Å²) >= 11 is 0. The van der Waals surface area contributed by atoms with Crippen molar-refractivity contribution in [1.29, 1.82) is 0 Å². The molecule has 0 fully saturated rings. The molecular formula is C21H22N4O2. The van der Waals surface area contributed by atoms with E-state index in [1.165, 1.54) is 0 Å². The van der Waals surface area contributed by atoms with Gasteiger partial charge in [0.25, 0.3) is 5.91 Å². The Labute approximate surface area is 158 Å². The fraction of sp³-hybridized carbons (Fsp3) is 0.190. The van der Waals surface area contributed by atoms with E-state index >= 15 is 0 Å². The molecule has 0 aliphatic rings. The number of ether oxygens (including phenoxy) is 1. The van der Waals surface area contributed by atoms with Crippen LogP contribution in [0.15, 0.2) is 66.3 Å². The van der Waals surface area contributed by atoms with Crippen LogP contribution in [0.1, 0.15) is 23.6 Å². The Balaban J connectivity index is 1.56. The van der Waals surface area contributed by atoms with Gasteiger partial charge in [-0.15, -0.1) is 0 Å². The number of rotatable bonds is 6. The van der Waals surface area contributed by atoms with Crippen LogP contribution in [0.3, 0.4) is 0 Å². The molecule has 0 atom stereocenters. The van der Waals surface area contributed by atoms with Crippen LogP contribution in [0, 0.1) is 13.8 Å². The number of carbonyl (C=O) groups is 1. The SMILES string of the molecule is C/C(=N/NC(=O)COc1cc(C)ccc1C)c1ccc(-n2ccnc2)cc1. The third kappa shape index (κ3) is 4.82. The van der Waals surface area contributed by atoms with Gasteiger partial charge < -0.3 is 9.30 Å². The van der Waals surface area contributed by atoms with Gasteiger partial charge in [0.05, 0.1) is 12.0 Å². The number of aromatic nitrogens is 2. The van der Waals surface area contributed by atoms with Crippen LogP contribution in [-0.4, -0.2) is 27.8 Å². The summed E-state index contributed by atoms with van der Waals surface area (Å²) in [4.78, 5) is 16.0. The van der Waals surface area contributed by atoms with E-state index in [1.807, 2.05) is 74.0 Å². The third-order valence-electron chi connectivity index (χ3n) is 4.14. The number of hydrazone groups is 1. The van der Waals surface area contributed by atoms with E-state index in [0.29, 0.717) is 11.5 Å². The average molecular weight is 362 g/mol. The predicted molar refractivity (Wildman–Crippen MR) is 105 cm³/mol. The lowest BCUT2D eigenvalue weighted by molar-refractivity contribution is -0.123. The molecule has 0 aliphatic carbocycles. The van der Waals surface area contributed by atoms with E-state index in [0.717, 1.165) is 22.4 Å². The van der Waals surface area contributed by atoms with Crippen LogP contribution >= 0.6 is 0 Å². The Kier molecular flexibility index (Phi) is 5.66. The van der Waals surface area contributed by atoms with E-state index in [1.54, 1.807) is 12.5 Å². The lowest BCUT2D eigenvalue weighted by atomic mass is 10.1. The molecule has 27 heavy (non-hydrogen) atoms. The van der Waals surface area contributed by atoms with Gasteiger partial charge in [-0.3, -0.25) is 4.79 Å². The highest BCUT2D eigenvalue weighted by atomic mass is 16.5. The molecule has 1 amide bonds. The highest BCUT2D eigenvalue weighted by molar-refractivity contribution is 5.99. The largest absolute Gasteiger partial charge is 0.483 e. The standard InChI is InChI=1S/C21H22N4O2/c1-15-4-5-16(2)20(12-15)27-13-21(26)24-23-17(3)18-6-8-19(9-7-18)25-11-10-22-14-25/h4-12,14H,13H2,1-3H3,(H,24,26)/b23-17-. The Morgan fingerprint density at radius 3 is 2.67 bits per heavy atom. The summed E-state index contributed by atoms with van der Waals surface area (Å²) in [5.74, 6) is 0.409. The van der Waals surface area contributed by atoms with Crippen molar-refractivity contribution < 1.29 is 9.53 Å². The molecule has 0 spiro atoms. The van der Waals surface area contributed by atoms with Crippen molar-refractivity contribution in [3.8, 4) is 11.4 Å². The maximum absolute atomic E-state index is 12.0. The molecule has 6 heteroatoms. The monoisotopic (exact) mass is 362 g/mol. The maximum atomic E-state index is 12.0. The first-order valence-electron chi connectivity index (χ1n) is 8.65. The van der Waals surface area contributed by atoms with Gasteiger partial charge in [0.15, 0.2) is 6.61 Å². The molecule has 1 aromatic heterocycles. The van der Waals surface area contributed by atoms with E-state index in [-0.39, 0.29) is 12.5 Å². The number of imidazole rings is 1. The molecule has 0 saturated carbocycles.